The number of hydrogen-bond acceptors (Lipinski definition) is 5. The summed E-state index contributed by atoms with van der Waals surface area (Å²) in [6.45, 7) is 9.91. The molecule has 288 valence electrons. The van der Waals surface area contributed by atoms with E-state index in [1.807, 2.05) is 18.7 Å². The molecule has 0 aromatic heterocycles. The quantitative estimate of drug-likeness (QED) is 0.0806. The highest BCUT2D eigenvalue weighted by Crippen LogP contribution is 2.49. The van der Waals surface area contributed by atoms with Crippen molar-refractivity contribution in [1.82, 2.24) is 10.2 Å². The smallest absolute Gasteiger partial charge is 0.315 e. The molecule has 50 heavy (non-hydrogen) atoms. The first kappa shape index (κ1) is 42.3. The van der Waals surface area contributed by atoms with E-state index < -0.39 is 46.3 Å². The summed E-state index contributed by atoms with van der Waals surface area (Å²) in [6, 6.07) is -0.518. The molecule has 3 amide bonds. The Morgan fingerprint density at radius 2 is 1.36 bits per heavy atom. The number of aliphatic carboxylic acids is 1. The molecule has 9 heteroatoms. The third-order valence-corrected chi connectivity index (χ3v) is 11.9. The number of carbonyl (C=O) groups is 3. The summed E-state index contributed by atoms with van der Waals surface area (Å²) in [5.41, 5.74) is 4.33. The second-order valence-electron chi connectivity index (χ2n) is 16.9. The van der Waals surface area contributed by atoms with Crippen molar-refractivity contribution < 1.29 is 29.0 Å². The first-order valence-corrected chi connectivity index (χ1v) is 20.4. The van der Waals surface area contributed by atoms with E-state index in [9.17, 15) is 19.5 Å². The molecule has 3 aliphatic rings. The molecule has 3 rings (SSSR count). The molecule has 2 unspecified atom stereocenters. The van der Waals surface area contributed by atoms with Gasteiger partial charge in [0.25, 0.3) is 0 Å². The van der Waals surface area contributed by atoms with Crippen LogP contribution in [0.2, 0.25) is 0 Å². The fourth-order valence-electron chi connectivity index (χ4n) is 9.08. The molecular formula is C41H73N3O6. The van der Waals surface area contributed by atoms with Gasteiger partial charge in [0, 0.05) is 17.5 Å². The number of carboxylic acids is 1. The Labute approximate surface area is 304 Å². The minimum absolute atomic E-state index is 0.0869. The molecule has 3 fully saturated rings. The number of carbonyl (C=O) groups excluding carboxylic acids is 2. The number of nitrogens with two attached hydrogens (primary N) is 1. The molecule has 0 aromatic rings. The molecule has 0 radical (unpaired) electrons. The van der Waals surface area contributed by atoms with Crippen LogP contribution < -0.4 is 11.1 Å². The summed E-state index contributed by atoms with van der Waals surface area (Å²) in [7, 11) is 0. The van der Waals surface area contributed by atoms with Crippen LogP contribution in [0.4, 0.5) is 4.79 Å². The number of unbranched alkanes of at least 4 members (excludes halogenated alkanes) is 10. The minimum atomic E-state index is -1.000. The highest BCUT2D eigenvalue weighted by atomic mass is 16.7. The monoisotopic (exact) mass is 704 g/mol. The summed E-state index contributed by atoms with van der Waals surface area (Å²) in [4.78, 5) is 42.5. The third-order valence-electron chi connectivity index (χ3n) is 11.9. The molecule has 9 nitrogen and oxygen atoms in total. The average Bonchev–Trinajstić information content (AvgIpc) is 3.06. The lowest BCUT2D eigenvalue weighted by molar-refractivity contribution is -0.304. The van der Waals surface area contributed by atoms with E-state index in [4.69, 9.17) is 15.2 Å². The van der Waals surface area contributed by atoms with E-state index in [1.165, 1.54) is 44.9 Å². The van der Waals surface area contributed by atoms with Gasteiger partial charge in [-0.25, -0.2) is 4.79 Å². The van der Waals surface area contributed by atoms with Crippen LogP contribution in [0.5, 0.6) is 0 Å². The predicted octanol–water partition coefficient (Wildman–Crippen LogP) is 9.41. The van der Waals surface area contributed by atoms with Gasteiger partial charge in [0.15, 0.2) is 5.79 Å². The van der Waals surface area contributed by atoms with Gasteiger partial charge in [-0.1, -0.05) is 123 Å². The lowest BCUT2D eigenvalue weighted by Gasteiger charge is -2.58. The largest absolute Gasteiger partial charge is 0.481 e. The van der Waals surface area contributed by atoms with Gasteiger partial charge in [-0.15, -0.1) is 0 Å². The zero-order valence-electron chi connectivity index (χ0n) is 32.5. The van der Waals surface area contributed by atoms with Crippen LogP contribution >= 0.6 is 0 Å². The van der Waals surface area contributed by atoms with E-state index in [0.717, 1.165) is 89.9 Å². The maximum absolute atomic E-state index is 13.8. The molecule has 2 atom stereocenters. The van der Waals surface area contributed by atoms with E-state index in [-0.39, 0.29) is 12.5 Å². The number of rotatable bonds is 21. The van der Waals surface area contributed by atoms with Crippen molar-refractivity contribution in [3.63, 3.8) is 0 Å². The molecule has 1 heterocycles. The first-order valence-electron chi connectivity index (χ1n) is 20.4. The number of nitrogens with one attached hydrogen (secondary N) is 1. The number of ether oxygens (including phenoxy) is 2. The standard InChI is InChI=1S/C41H73N3O6/c1-6-7-8-9-10-11-12-13-14-15-16-17-18-21-26-40(27-22-19-23-28-40)44(37(42)48)41(29-24-20-25-30-41)33(36(46)47)31-43-35(45)34-38(2,3)32-49-39(4,5)50-34/h14-15,33-34H,6-13,16-32H2,1-5H3,(H2,42,48)(H,43,45)(H,46,47)/b15-14+. The zero-order valence-corrected chi connectivity index (χ0v) is 32.5. The molecule has 2 aliphatic carbocycles. The van der Waals surface area contributed by atoms with Crippen LogP contribution in [-0.2, 0) is 19.1 Å². The topological polar surface area (TPSA) is 131 Å². The van der Waals surface area contributed by atoms with Crippen LogP contribution in [0, 0.1) is 11.3 Å². The van der Waals surface area contributed by atoms with Crippen LogP contribution in [-0.4, -0.2) is 64.0 Å². The second-order valence-corrected chi connectivity index (χ2v) is 16.9. The van der Waals surface area contributed by atoms with Crippen molar-refractivity contribution in [3.05, 3.63) is 12.2 Å². The van der Waals surface area contributed by atoms with E-state index in [0.29, 0.717) is 19.4 Å². The fraction of sp³-hybridized carbons (Fsp3) is 0.878. The molecule has 1 saturated heterocycles. The minimum Gasteiger partial charge on any atom is -0.481 e. The summed E-state index contributed by atoms with van der Waals surface area (Å²) >= 11 is 0. The van der Waals surface area contributed by atoms with Crippen LogP contribution in [0.15, 0.2) is 12.2 Å². The highest BCUT2D eigenvalue weighted by molar-refractivity contribution is 5.83. The van der Waals surface area contributed by atoms with Crippen molar-refractivity contribution in [2.75, 3.05) is 13.2 Å². The zero-order chi connectivity index (χ0) is 36.7. The van der Waals surface area contributed by atoms with Crippen molar-refractivity contribution >= 4 is 17.9 Å². The van der Waals surface area contributed by atoms with E-state index in [2.05, 4.69) is 24.4 Å². The van der Waals surface area contributed by atoms with E-state index in [1.54, 1.807) is 13.8 Å². The van der Waals surface area contributed by atoms with Crippen LogP contribution in [0.25, 0.3) is 0 Å². The van der Waals surface area contributed by atoms with Gasteiger partial charge in [-0.3, -0.25) is 9.59 Å². The van der Waals surface area contributed by atoms with Crippen molar-refractivity contribution in [1.29, 1.82) is 0 Å². The summed E-state index contributed by atoms with van der Waals surface area (Å²) in [6.07, 6.45) is 28.0. The Morgan fingerprint density at radius 3 is 1.92 bits per heavy atom. The number of allylic oxidation sites excluding steroid dienone is 2. The van der Waals surface area contributed by atoms with Gasteiger partial charge < -0.3 is 30.5 Å². The third kappa shape index (κ3) is 12.0. The number of amides is 3. The first-order chi connectivity index (χ1) is 23.8. The number of nitrogens with zero attached hydrogens (tertiary/aromatic N) is 1. The number of carboxylic acid groups (broad SMARTS) is 1. The summed E-state index contributed by atoms with van der Waals surface area (Å²) in [5.74, 6) is -3.26. The lowest BCUT2D eigenvalue weighted by Crippen LogP contribution is -2.70. The van der Waals surface area contributed by atoms with Crippen LogP contribution in [0.1, 0.15) is 182 Å². The average molecular weight is 704 g/mol. The Balaban J connectivity index is 1.70. The number of primary amides is 1. The van der Waals surface area contributed by atoms with Crippen molar-refractivity contribution in [3.8, 4) is 0 Å². The maximum atomic E-state index is 13.8. The van der Waals surface area contributed by atoms with E-state index >= 15 is 0 Å². The molecule has 4 N–H and O–H groups in total. The number of urea groups is 1. The number of hydrogen-bond donors (Lipinski definition) is 3. The molecular weight excluding hydrogens is 630 g/mol. The van der Waals surface area contributed by atoms with Crippen molar-refractivity contribution in [2.24, 2.45) is 17.1 Å². The SMILES string of the molecule is CCCCCCCCC/C=C/CCCCCC1(N(C(N)=O)C2(C(CNC(=O)C3OC(C)(C)OCC3(C)C)C(=O)O)CCCCC2)CCCCC1. The second kappa shape index (κ2) is 20.2. The molecule has 2 saturated carbocycles. The molecule has 0 aromatic carbocycles. The molecule has 0 bridgehead atoms. The normalized spacial score (nSPS) is 23.3. The molecule has 1 aliphatic heterocycles. The molecule has 0 spiro atoms. The summed E-state index contributed by atoms with van der Waals surface area (Å²) < 4.78 is 11.9. The van der Waals surface area contributed by atoms with Gasteiger partial charge in [-0.2, -0.15) is 0 Å². The van der Waals surface area contributed by atoms with Crippen LogP contribution in [0.3, 0.4) is 0 Å². The van der Waals surface area contributed by atoms with Gasteiger partial charge >= 0.3 is 12.0 Å². The Kier molecular flexibility index (Phi) is 17.1. The lowest BCUT2D eigenvalue weighted by atomic mass is 9.66. The fourth-order valence-corrected chi connectivity index (χ4v) is 9.08. The summed E-state index contributed by atoms with van der Waals surface area (Å²) in [5, 5.41) is 13.8. The van der Waals surface area contributed by atoms with Gasteiger partial charge in [0.05, 0.1) is 18.1 Å². The highest BCUT2D eigenvalue weighted by Gasteiger charge is 2.56. The predicted molar refractivity (Wildman–Crippen MR) is 201 cm³/mol. The van der Waals surface area contributed by atoms with Gasteiger partial charge in [-0.05, 0) is 71.6 Å². The van der Waals surface area contributed by atoms with Gasteiger partial charge in [0.1, 0.15) is 6.10 Å². The Bertz CT molecular complexity index is 1080. The van der Waals surface area contributed by atoms with Gasteiger partial charge in [0.2, 0.25) is 5.91 Å². The Hall–Kier alpha value is -2.13. The van der Waals surface area contributed by atoms with Crippen molar-refractivity contribution in [2.45, 2.75) is 205 Å². The maximum Gasteiger partial charge on any atom is 0.315 e. The Morgan fingerprint density at radius 1 is 0.820 bits per heavy atom.